The van der Waals surface area contributed by atoms with Crippen LogP contribution < -0.4 is 5.32 Å². The minimum Gasteiger partial charge on any atom is -0.478 e. The van der Waals surface area contributed by atoms with Crippen LogP contribution in [0.4, 0.5) is 5.69 Å². The first-order valence-electron chi connectivity index (χ1n) is 6.75. The number of nitrogens with one attached hydrogen (secondary N) is 1. The fraction of sp³-hybridized carbons (Fsp3) is 0.400. The van der Waals surface area contributed by atoms with E-state index in [2.05, 4.69) is 5.32 Å². The maximum Gasteiger partial charge on any atom is 0.335 e. The molecule has 2 rings (SSSR count). The zero-order valence-corrected chi connectivity index (χ0v) is 11.7. The van der Waals surface area contributed by atoms with Crippen molar-refractivity contribution in [2.75, 3.05) is 5.32 Å². The summed E-state index contributed by atoms with van der Waals surface area (Å²) in [6.07, 6.45) is 3.53. The second-order valence-corrected chi connectivity index (χ2v) is 5.63. The zero-order valence-electron chi connectivity index (χ0n) is 11.7. The Kier molecular flexibility index (Phi) is 3.97. The molecule has 0 radical (unpaired) electrons. The number of aromatic carboxylic acids is 2. The molecule has 0 saturated heterocycles. The number of carbonyl (C=O) groups excluding carboxylic acids is 1. The molecule has 1 amide bonds. The molecular formula is C15H17NO5. The molecule has 0 aliphatic heterocycles. The smallest absolute Gasteiger partial charge is 0.335 e. The van der Waals surface area contributed by atoms with Crippen molar-refractivity contribution >= 4 is 23.5 Å². The van der Waals surface area contributed by atoms with Crippen LogP contribution in [0.5, 0.6) is 0 Å². The first kappa shape index (κ1) is 15.0. The van der Waals surface area contributed by atoms with Gasteiger partial charge in [-0.25, -0.2) is 9.59 Å². The summed E-state index contributed by atoms with van der Waals surface area (Å²) in [4.78, 5) is 34.3. The average molecular weight is 291 g/mol. The lowest BCUT2D eigenvalue weighted by Gasteiger charge is -2.22. The fourth-order valence-electron chi connectivity index (χ4n) is 2.61. The minimum atomic E-state index is -1.24. The van der Waals surface area contributed by atoms with Crippen molar-refractivity contribution in [2.45, 2.75) is 32.6 Å². The van der Waals surface area contributed by atoms with Crippen LogP contribution in [0.25, 0.3) is 0 Å². The normalized spacial score (nSPS) is 16.4. The van der Waals surface area contributed by atoms with Gasteiger partial charge in [0.15, 0.2) is 0 Å². The van der Waals surface area contributed by atoms with Gasteiger partial charge in [0.05, 0.1) is 11.1 Å². The number of hydrogen-bond donors (Lipinski definition) is 3. The molecule has 0 aromatic heterocycles. The third-order valence-corrected chi connectivity index (χ3v) is 3.94. The zero-order chi connectivity index (χ0) is 15.6. The quantitative estimate of drug-likeness (QED) is 0.791. The summed E-state index contributed by atoms with van der Waals surface area (Å²) in [6, 6.07) is 3.60. The predicted octanol–water partition coefficient (Wildman–Crippen LogP) is 2.60. The van der Waals surface area contributed by atoms with E-state index in [-0.39, 0.29) is 22.7 Å². The van der Waals surface area contributed by atoms with Gasteiger partial charge in [-0.2, -0.15) is 0 Å². The van der Waals surface area contributed by atoms with Crippen LogP contribution in [0, 0.1) is 5.41 Å². The van der Waals surface area contributed by atoms with Crippen LogP contribution in [0.3, 0.4) is 0 Å². The Morgan fingerprint density at radius 2 is 1.48 bits per heavy atom. The van der Waals surface area contributed by atoms with Gasteiger partial charge >= 0.3 is 11.9 Å². The first-order chi connectivity index (χ1) is 9.82. The molecule has 1 aromatic rings. The van der Waals surface area contributed by atoms with Gasteiger partial charge in [0.2, 0.25) is 5.91 Å². The Morgan fingerprint density at radius 3 is 1.90 bits per heavy atom. The molecule has 1 aliphatic carbocycles. The van der Waals surface area contributed by atoms with E-state index in [0.29, 0.717) is 0 Å². The van der Waals surface area contributed by atoms with E-state index >= 15 is 0 Å². The highest BCUT2D eigenvalue weighted by atomic mass is 16.4. The number of carbonyl (C=O) groups is 3. The third-order valence-electron chi connectivity index (χ3n) is 3.94. The highest BCUT2D eigenvalue weighted by molar-refractivity contribution is 6.00. The molecular weight excluding hydrogens is 274 g/mol. The van der Waals surface area contributed by atoms with Gasteiger partial charge in [0.1, 0.15) is 0 Å². The number of hydrogen-bond acceptors (Lipinski definition) is 3. The van der Waals surface area contributed by atoms with E-state index in [0.717, 1.165) is 31.7 Å². The van der Waals surface area contributed by atoms with E-state index in [1.807, 2.05) is 6.92 Å². The van der Waals surface area contributed by atoms with Crippen molar-refractivity contribution in [3.8, 4) is 0 Å². The molecule has 0 unspecified atom stereocenters. The number of benzene rings is 1. The number of carboxylic acids is 2. The van der Waals surface area contributed by atoms with Crippen molar-refractivity contribution in [2.24, 2.45) is 5.41 Å². The summed E-state index contributed by atoms with van der Waals surface area (Å²) < 4.78 is 0. The molecule has 0 atom stereocenters. The van der Waals surface area contributed by atoms with Gasteiger partial charge in [-0.05, 0) is 31.0 Å². The monoisotopic (exact) mass is 291 g/mol. The van der Waals surface area contributed by atoms with E-state index in [4.69, 9.17) is 10.2 Å². The molecule has 1 aliphatic rings. The third kappa shape index (κ3) is 3.21. The lowest BCUT2D eigenvalue weighted by Crippen LogP contribution is -2.31. The highest BCUT2D eigenvalue weighted by Crippen LogP contribution is 2.38. The van der Waals surface area contributed by atoms with E-state index < -0.39 is 17.4 Å². The molecule has 1 saturated carbocycles. The Bertz CT molecular complexity index is 570. The van der Waals surface area contributed by atoms with Crippen LogP contribution in [0.15, 0.2) is 18.2 Å². The summed E-state index contributed by atoms with van der Waals surface area (Å²) in [7, 11) is 0. The fourth-order valence-corrected chi connectivity index (χ4v) is 2.61. The maximum absolute atomic E-state index is 12.3. The summed E-state index contributed by atoms with van der Waals surface area (Å²) >= 11 is 0. The molecule has 3 N–H and O–H groups in total. The van der Waals surface area contributed by atoms with Gasteiger partial charge in [-0.3, -0.25) is 4.79 Å². The number of carboxylic acid groups (broad SMARTS) is 2. The molecule has 1 aromatic carbocycles. The molecule has 21 heavy (non-hydrogen) atoms. The Labute approximate surface area is 121 Å². The molecule has 0 bridgehead atoms. The summed E-state index contributed by atoms with van der Waals surface area (Å²) in [5.74, 6) is -2.67. The number of rotatable bonds is 4. The Balaban J connectivity index is 2.28. The van der Waals surface area contributed by atoms with Crippen LogP contribution >= 0.6 is 0 Å². The van der Waals surface area contributed by atoms with Crippen molar-refractivity contribution in [1.29, 1.82) is 0 Å². The standard InChI is InChI=1S/C15H17NO5/c1-15(4-2-3-5-15)14(21)16-11-7-9(12(17)18)6-10(8-11)13(19)20/h6-8H,2-5H2,1H3,(H,16,21)(H,17,18)(H,19,20). The van der Waals surface area contributed by atoms with E-state index in [1.54, 1.807) is 0 Å². The average Bonchev–Trinajstić information content (AvgIpc) is 2.86. The van der Waals surface area contributed by atoms with Crippen molar-refractivity contribution < 1.29 is 24.6 Å². The summed E-state index contributed by atoms with van der Waals surface area (Å²) in [6.45, 7) is 1.87. The van der Waals surface area contributed by atoms with Crippen LogP contribution in [0.2, 0.25) is 0 Å². The van der Waals surface area contributed by atoms with Gasteiger partial charge in [0.25, 0.3) is 0 Å². The van der Waals surface area contributed by atoms with Crippen molar-refractivity contribution in [3.63, 3.8) is 0 Å². The molecule has 6 heteroatoms. The van der Waals surface area contributed by atoms with Crippen LogP contribution in [-0.4, -0.2) is 28.1 Å². The number of anilines is 1. The van der Waals surface area contributed by atoms with Gasteiger partial charge in [0, 0.05) is 11.1 Å². The van der Waals surface area contributed by atoms with Crippen LogP contribution in [-0.2, 0) is 4.79 Å². The molecule has 1 fully saturated rings. The van der Waals surface area contributed by atoms with E-state index in [1.165, 1.54) is 12.1 Å². The second kappa shape index (κ2) is 5.55. The second-order valence-electron chi connectivity index (χ2n) is 5.63. The van der Waals surface area contributed by atoms with Gasteiger partial charge in [-0.15, -0.1) is 0 Å². The van der Waals surface area contributed by atoms with Crippen molar-refractivity contribution in [3.05, 3.63) is 29.3 Å². The number of amides is 1. The van der Waals surface area contributed by atoms with Crippen LogP contribution in [0.1, 0.15) is 53.3 Å². The maximum atomic E-state index is 12.3. The molecule has 0 heterocycles. The molecule has 6 nitrogen and oxygen atoms in total. The Hall–Kier alpha value is -2.37. The predicted molar refractivity (Wildman–Crippen MR) is 75.6 cm³/mol. The lowest BCUT2D eigenvalue weighted by molar-refractivity contribution is -0.124. The van der Waals surface area contributed by atoms with Crippen molar-refractivity contribution in [1.82, 2.24) is 0 Å². The first-order valence-corrected chi connectivity index (χ1v) is 6.75. The van der Waals surface area contributed by atoms with E-state index in [9.17, 15) is 14.4 Å². The highest BCUT2D eigenvalue weighted by Gasteiger charge is 2.36. The van der Waals surface area contributed by atoms with Gasteiger partial charge in [-0.1, -0.05) is 19.8 Å². The largest absolute Gasteiger partial charge is 0.478 e. The molecule has 112 valence electrons. The topological polar surface area (TPSA) is 104 Å². The lowest BCUT2D eigenvalue weighted by atomic mass is 9.87. The SMILES string of the molecule is CC1(C(=O)Nc2cc(C(=O)O)cc(C(=O)O)c2)CCCC1. The summed E-state index contributed by atoms with van der Waals surface area (Å²) in [5, 5.41) is 20.7. The minimum absolute atomic E-state index is 0.165. The van der Waals surface area contributed by atoms with Gasteiger partial charge < -0.3 is 15.5 Å². The molecule has 0 spiro atoms. The summed E-state index contributed by atoms with van der Waals surface area (Å²) in [5.41, 5.74) is -0.600. The Morgan fingerprint density at radius 1 is 1.00 bits per heavy atom.